The number of hydrogen-bond acceptors (Lipinski definition) is 3. The number of primary amides is 1. The Morgan fingerprint density at radius 2 is 2.33 bits per heavy atom. The predicted molar refractivity (Wildman–Crippen MR) is 97.2 cm³/mol. The second kappa shape index (κ2) is 9.74. The quantitative estimate of drug-likeness (QED) is 0.400. The van der Waals surface area contributed by atoms with Crippen LogP contribution < -0.4 is 11.1 Å². The third kappa shape index (κ3) is 5.56. The lowest BCUT2D eigenvalue weighted by molar-refractivity contribution is -0.119. The molecular formula is C14H23F2IN6O. The molecule has 1 unspecified atom stereocenters. The summed E-state index contributed by atoms with van der Waals surface area (Å²) in [5.41, 5.74) is 5.26. The molecule has 0 aromatic carbocycles. The molecular weight excluding hydrogens is 433 g/mol. The van der Waals surface area contributed by atoms with E-state index < -0.39 is 6.55 Å². The molecule has 3 N–H and O–H groups in total. The first-order chi connectivity index (χ1) is 11.0. The number of carbonyl (C=O) groups is 1. The van der Waals surface area contributed by atoms with E-state index in [1.165, 1.54) is 12.4 Å². The largest absolute Gasteiger partial charge is 0.370 e. The van der Waals surface area contributed by atoms with E-state index in [2.05, 4.69) is 15.3 Å². The fourth-order valence-electron chi connectivity index (χ4n) is 2.86. The molecule has 1 aliphatic rings. The minimum absolute atomic E-state index is 0. The topological polar surface area (TPSA) is 88.5 Å². The zero-order chi connectivity index (χ0) is 16.8. The predicted octanol–water partition coefficient (Wildman–Crippen LogP) is 1.56. The molecule has 1 fully saturated rings. The van der Waals surface area contributed by atoms with Crippen LogP contribution in [0.4, 0.5) is 8.78 Å². The number of guanidine groups is 1. The zero-order valence-corrected chi connectivity index (χ0v) is 15.8. The van der Waals surface area contributed by atoms with Gasteiger partial charge in [0.1, 0.15) is 5.82 Å². The molecule has 24 heavy (non-hydrogen) atoms. The fourth-order valence-corrected chi connectivity index (χ4v) is 2.86. The Balaban J connectivity index is 0.00000288. The van der Waals surface area contributed by atoms with E-state index in [1.807, 2.05) is 4.90 Å². The van der Waals surface area contributed by atoms with Crippen molar-refractivity contribution < 1.29 is 13.6 Å². The maximum atomic E-state index is 12.8. The van der Waals surface area contributed by atoms with E-state index in [0.717, 1.165) is 24.0 Å². The average Bonchev–Trinajstić information content (AvgIpc) is 2.96. The minimum Gasteiger partial charge on any atom is -0.370 e. The molecule has 2 rings (SSSR count). The molecule has 0 aliphatic carbocycles. The zero-order valence-electron chi connectivity index (χ0n) is 13.5. The molecule has 2 heterocycles. The van der Waals surface area contributed by atoms with Gasteiger partial charge in [0.05, 0.1) is 6.54 Å². The van der Waals surface area contributed by atoms with E-state index in [4.69, 9.17) is 5.73 Å². The van der Waals surface area contributed by atoms with E-state index in [1.54, 1.807) is 7.05 Å². The number of nitrogens with two attached hydrogens (primary N) is 1. The molecule has 0 spiro atoms. The van der Waals surface area contributed by atoms with Crippen molar-refractivity contribution in [3.05, 3.63) is 18.2 Å². The lowest BCUT2D eigenvalue weighted by atomic mass is 9.95. The smallest absolute Gasteiger partial charge is 0.319 e. The number of nitrogens with one attached hydrogen (secondary N) is 1. The van der Waals surface area contributed by atoms with E-state index in [-0.39, 0.29) is 48.2 Å². The van der Waals surface area contributed by atoms with Gasteiger partial charge in [0.2, 0.25) is 5.91 Å². The highest BCUT2D eigenvalue weighted by atomic mass is 127. The van der Waals surface area contributed by atoms with Crippen LogP contribution >= 0.6 is 24.0 Å². The third-order valence-corrected chi connectivity index (χ3v) is 3.88. The molecule has 0 bridgehead atoms. The Hall–Kier alpha value is -1.46. The summed E-state index contributed by atoms with van der Waals surface area (Å²) in [6.07, 6.45) is 4.82. The molecule has 7 nitrogen and oxygen atoms in total. The Kier molecular flexibility index (Phi) is 8.36. The van der Waals surface area contributed by atoms with Crippen LogP contribution in [-0.4, -0.2) is 46.5 Å². The highest BCUT2D eigenvalue weighted by Crippen LogP contribution is 2.19. The number of nitrogens with zero attached hydrogens (tertiary/aromatic N) is 4. The summed E-state index contributed by atoms with van der Waals surface area (Å²) in [5, 5.41) is 3.05. The summed E-state index contributed by atoms with van der Waals surface area (Å²) in [6.45, 7) is -0.989. The number of carbonyl (C=O) groups excluding carboxylic acids is 1. The molecule has 1 atom stereocenters. The van der Waals surface area contributed by atoms with Gasteiger partial charge in [-0.1, -0.05) is 0 Å². The van der Waals surface area contributed by atoms with Crippen LogP contribution in [0.25, 0.3) is 0 Å². The number of hydrogen-bond donors (Lipinski definition) is 2. The van der Waals surface area contributed by atoms with Crippen molar-refractivity contribution in [2.24, 2.45) is 16.6 Å². The van der Waals surface area contributed by atoms with Crippen molar-refractivity contribution >= 4 is 35.8 Å². The van der Waals surface area contributed by atoms with Crippen LogP contribution in [0, 0.1) is 5.92 Å². The Morgan fingerprint density at radius 1 is 1.58 bits per heavy atom. The van der Waals surface area contributed by atoms with Crippen molar-refractivity contribution in [3.8, 4) is 0 Å². The Bertz CT molecular complexity index is 565. The highest BCUT2D eigenvalue weighted by molar-refractivity contribution is 14.0. The van der Waals surface area contributed by atoms with Crippen LogP contribution in [-0.2, 0) is 11.3 Å². The van der Waals surface area contributed by atoms with Gasteiger partial charge in [-0.2, -0.15) is 8.78 Å². The van der Waals surface area contributed by atoms with Gasteiger partial charge in [0.15, 0.2) is 5.96 Å². The van der Waals surface area contributed by atoms with Gasteiger partial charge < -0.3 is 16.0 Å². The van der Waals surface area contributed by atoms with Gasteiger partial charge in [-0.3, -0.25) is 14.4 Å². The van der Waals surface area contributed by atoms with E-state index in [0.29, 0.717) is 18.9 Å². The minimum atomic E-state index is -2.62. The summed E-state index contributed by atoms with van der Waals surface area (Å²) in [5.74, 6) is 0.747. The maximum absolute atomic E-state index is 12.8. The van der Waals surface area contributed by atoms with Gasteiger partial charge in [-0.25, -0.2) is 4.98 Å². The first-order valence-electron chi connectivity index (χ1n) is 7.55. The summed E-state index contributed by atoms with van der Waals surface area (Å²) in [7, 11) is 1.64. The Labute approximate surface area is 156 Å². The molecule has 0 saturated carbocycles. The number of halogens is 3. The van der Waals surface area contributed by atoms with Gasteiger partial charge in [-0.05, 0) is 18.8 Å². The van der Waals surface area contributed by atoms with Gasteiger partial charge in [-0.15, -0.1) is 24.0 Å². The maximum Gasteiger partial charge on any atom is 0.319 e. The number of alkyl halides is 2. The summed E-state index contributed by atoms with van der Waals surface area (Å²) in [6, 6.07) is 0. The second-order valence-corrected chi connectivity index (χ2v) is 5.55. The van der Waals surface area contributed by atoms with Crippen LogP contribution in [0.1, 0.15) is 31.6 Å². The van der Waals surface area contributed by atoms with Crippen molar-refractivity contribution in [3.63, 3.8) is 0 Å². The van der Waals surface area contributed by atoms with Gasteiger partial charge in [0.25, 0.3) is 0 Å². The van der Waals surface area contributed by atoms with Crippen molar-refractivity contribution in [1.82, 2.24) is 19.8 Å². The number of piperidine rings is 1. The highest BCUT2D eigenvalue weighted by Gasteiger charge is 2.23. The first-order valence-corrected chi connectivity index (χ1v) is 7.55. The number of aromatic nitrogens is 2. The number of aliphatic imine (C=N–C) groups is 1. The molecule has 10 heteroatoms. The third-order valence-electron chi connectivity index (χ3n) is 3.88. The molecule has 136 valence electrons. The number of rotatable bonds is 5. The van der Waals surface area contributed by atoms with Crippen LogP contribution in [0.3, 0.4) is 0 Å². The summed E-state index contributed by atoms with van der Waals surface area (Å²) in [4.78, 5) is 21.2. The van der Waals surface area contributed by atoms with Crippen LogP contribution in [0.2, 0.25) is 0 Å². The lowest BCUT2D eigenvalue weighted by Gasteiger charge is -2.34. The van der Waals surface area contributed by atoms with Crippen molar-refractivity contribution in [1.29, 1.82) is 0 Å². The number of imidazole rings is 1. The van der Waals surface area contributed by atoms with Crippen LogP contribution in [0.5, 0.6) is 0 Å². The van der Waals surface area contributed by atoms with E-state index in [9.17, 15) is 13.6 Å². The monoisotopic (exact) mass is 456 g/mol. The van der Waals surface area contributed by atoms with Gasteiger partial charge in [0, 0.05) is 39.0 Å². The molecule has 1 saturated heterocycles. The number of likely N-dealkylation sites (tertiary alicyclic amines) is 1. The van der Waals surface area contributed by atoms with E-state index >= 15 is 0 Å². The Morgan fingerprint density at radius 3 is 2.96 bits per heavy atom. The first kappa shape index (κ1) is 20.6. The van der Waals surface area contributed by atoms with Gasteiger partial charge >= 0.3 is 6.55 Å². The number of amides is 1. The second-order valence-electron chi connectivity index (χ2n) is 5.55. The lowest BCUT2D eigenvalue weighted by Crippen LogP contribution is -2.47. The SMILES string of the molecule is CN=C(NCc1nccn1C(F)F)N1CCCC(CC(N)=O)C1.I. The average molecular weight is 456 g/mol. The fraction of sp³-hybridized carbons (Fsp3) is 0.643. The summed E-state index contributed by atoms with van der Waals surface area (Å²) >= 11 is 0. The summed E-state index contributed by atoms with van der Waals surface area (Å²) < 4.78 is 26.4. The normalized spacial score (nSPS) is 18.4. The molecule has 1 amide bonds. The van der Waals surface area contributed by atoms with Crippen LogP contribution in [0.15, 0.2) is 17.4 Å². The van der Waals surface area contributed by atoms with Crippen molar-refractivity contribution in [2.75, 3.05) is 20.1 Å². The molecule has 0 radical (unpaired) electrons. The standard InChI is InChI=1S/C14H22F2N6O.HI/c1-18-14(20-8-12-19-4-6-22(12)13(15)16)21-5-2-3-10(9-21)7-11(17)23;/h4,6,10,13H,2-3,5,7-9H2,1H3,(H2,17,23)(H,18,20);1H. The molecule has 1 aliphatic heterocycles. The molecule has 1 aromatic rings. The van der Waals surface area contributed by atoms with Crippen molar-refractivity contribution in [2.45, 2.75) is 32.4 Å². The molecule has 1 aromatic heterocycles.